The van der Waals surface area contributed by atoms with E-state index in [2.05, 4.69) is 55.6 Å². The second kappa shape index (κ2) is 45.4. The molecule has 0 aliphatic heterocycles. The van der Waals surface area contributed by atoms with Gasteiger partial charge < -0.3 is 26.2 Å². The van der Waals surface area contributed by atoms with Crippen LogP contribution in [0, 0.1) is 0 Å². The first-order valence-corrected chi connectivity index (χ1v) is 26.3. The summed E-state index contributed by atoms with van der Waals surface area (Å²) in [6.07, 6.45) is 53.5. The van der Waals surface area contributed by atoms with Gasteiger partial charge in [-0.25, -0.2) is 4.57 Å². The third-order valence-corrected chi connectivity index (χ3v) is 11.9. The minimum absolute atomic E-state index is 0.0437. The number of rotatable bonds is 46. The zero-order chi connectivity index (χ0) is 44.0. The molecule has 60 heavy (non-hydrogen) atoms. The Balaban J connectivity index is 4.25. The molecule has 0 bridgehead atoms. The number of phosphoric acid groups is 1. The largest absolute Gasteiger partial charge is 0.472 e. The number of aliphatic hydroxyl groups excluding tert-OH is 2. The standard InChI is InChI=1S/C50H95N2O7P/c1-3-5-7-9-11-13-15-17-19-21-23-25-27-29-31-33-35-37-39-41-47(53)45-50(55)52-48(46-59-60(56,57)58-44-43-51)49(54)42-40-38-36-34-32-30-28-26-24-22-20-18-16-14-12-10-8-6-4-2/h5,7,11,13,32,34,40,42,47-49,53-54H,3-4,6,8-10,12,14-31,33,35-39,41,43-46,51H2,1-2H3,(H,52,55)(H,56,57)/b7-5-,13-11-,34-32+,42-40+. The van der Waals surface area contributed by atoms with Gasteiger partial charge >= 0.3 is 7.82 Å². The number of hydrogen-bond acceptors (Lipinski definition) is 7. The molecule has 0 fully saturated rings. The highest BCUT2D eigenvalue weighted by Crippen LogP contribution is 2.43. The zero-order valence-corrected chi connectivity index (χ0v) is 39.7. The number of nitrogens with two attached hydrogens (primary N) is 1. The third kappa shape index (κ3) is 43.1. The van der Waals surface area contributed by atoms with Gasteiger partial charge in [0.2, 0.25) is 5.91 Å². The maximum absolute atomic E-state index is 12.9. The molecule has 0 aromatic rings. The number of aliphatic hydroxyl groups is 2. The number of hydrogen-bond donors (Lipinski definition) is 5. The minimum Gasteiger partial charge on any atom is -0.393 e. The number of carbonyl (C=O) groups is 1. The van der Waals surface area contributed by atoms with Crippen LogP contribution in [0.4, 0.5) is 0 Å². The van der Waals surface area contributed by atoms with Gasteiger partial charge in [-0.3, -0.25) is 13.8 Å². The molecule has 0 rings (SSSR count). The number of unbranched alkanes of at least 4 members (excludes halogenated alkanes) is 26. The van der Waals surface area contributed by atoms with Crippen molar-refractivity contribution in [1.29, 1.82) is 0 Å². The summed E-state index contributed by atoms with van der Waals surface area (Å²) in [5, 5.41) is 24.1. The van der Waals surface area contributed by atoms with Gasteiger partial charge in [-0.1, -0.05) is 210 Å². The summed E-state index contributed by atoms with van der Waals surface area (Å²) in [6, 6.07) is -1.00. The lowest BCUT2D eigenvalue weighted by atomic mass is 10.0. The summed E-state index contributed by atoms with van der Waals surface area (Å²) in [5.74, 6) is -0.456. The molecule has 0 radical (unpaired) electrons. The van der Waals surface area contributed by atoms with Crippen molar-refractivity contribution in [1.82, 2.24) is 5.32 Å². The molecule has 0 spiro atoms. The first-order chi connectivity index (χ1) is 29.3. The van der Waals surface area contributed by atoms with Gasteiger partial charge in [-0.2, -0.15) is 0 Å². The van der Waals surface area contributed by atoms with Crippen LogP contribution in [0.15, 0.2) is 48.6 Å². The van der Waals surface area contributed by atoms with E-state index in [1.807, 2.05) is 6.08 Å². The number of allylic oxidation sites excluding steroid dienone is 7. The molecule has 0 saturated heterocycles. The van der Waals surface area contributed by atoms with E-state index in [1.165, 1.54) is 148 Å². The van der Waals surface area contributed by atoms with Gasteiger partial charge in [-0.05, 0) is 57.8 Å². The maximum atomic E-state index is 12.9. The van der Waals surface area contributed by atoms with Crippen molar-refractivity contribution >= 4 is 13.7 Å². The number of amides is 1. The van der Waals surface area contributed by atoms with E-state index in [0.29, 0.717) is 12.8 Å². The number of carbonyl (C=O) groups excluding carboxylic acids is 1. The van der Waals surface area contributed by atoms with E-state index in [4.69, 9.17) is 14.8 Å². The highest BCUT2D eigenvalue weighted by atomic mass is 31.2. The average molecular weight is 867 g/mol. The van der Waals surface area contributed by atoms with Crippen LogP contribution in [0.1, 0.15) is 226 Å². The first kappa shape index (κ1) is 58.4. The second-order valence-electron chi connectivity index (χ2n) is 16.8. The average Bonchev–Trinajstić information content (AvgIpc) is 3.23. The van der Waals surface area contributed by atoms with Crippen LogP contribution in [0.25, 0.3) is 0 Å². The Labute approximate surface area is 369 Å². The van der Waals surface area contributed by atoms with Crippen LogP contribution in [-0.4, -0.2) is 59.0 Å². The van der Waals surface area contributed by atoms with Gasteiger partial charge in [0.15, 0.2) is 0 Å². The van der Waals surface area contributed by atoms with Gasteiger partial charge in [0.25, 0.3) is 0 Å². The SMILES string of the molecule is CC/C=C\C/C=C\CCCCCCCCCCCCCCC(O)CC(=O)NC(COP(=O)(O)OCCN)C(O)/C=C/CC/C=C/CCCCCCCCCCCCCCC. The predicted molar refractivity (Wildman–Crippen MR) is 255 cm³/mol. The van der Waals surface area contributed by atoms with E-state index in [9.17, 15) is 24.5 Å². The molecule has 0 aromatic heterocycles. The van der Waals surface area contributed by atoms with E-state index in [-0.39, 0.29) is 19.6 Å². The second-order valence-corrected chi connectivity index (χ2v) is 18.3. The van der Waals surface area contributed by atoms with Crippen molar-refractivity contribution < 1.29 is 33.5 Å². The fourth-order valence-electron chi connectivity index (χ4n) is 7.23. The van der Waals surface area contributed by atoms with Crippen molar-refractivity contribution in [3.63, 3.8) is 0 Å². The van der Waals surface area contributed by atoms with Crippen molar-refractivity contribution in [2.45, 2.75) is 244 Å². The summed E-state index contributed by atoms with van der Waals surface area (Å²) < 4.78 is 22.1. The Kier molecular flexibility index (Phi) is 44.2. The van der Waals surface area contributed by atoms with Crippen LogP contribution in [0.3, 0.4) is 0 Å². The quantitative estimate of drug-likeness (QED) is 0.0230. The predicted octanol–water partition coefficient (Wildman–Crippen LogP) is 13.4. The fourth-order valence-corrected chi connectivity index (χ4v) is 7.99. The summed E-state index contributed by atoms with van der Waals surface area (Å²) >= 11 is 0. The Bertz CT molecular complexity index is 1100. The molecule has 0 aliphatic carbocycles. The Morgan fingerprint density at radius 1 is 0.600 bits per heavy atom. The maximum Gasteiger partial charge on any atom is 0.472 e. The van der Waals surface area contributed by atoms with Crippen LogP contribution in [-0.2, 0) is 18.4 Å². The lowest BCUT2D eigenvalue weighted by molar-refractivity contribution is -0.124. The molecule has 6 N–H and O–H groups in total. The smallest absolute Gasteiger partial charge is 0.393 e. The van der Waals surface area contributed by atoms with Gasteiger partial charge in [0, 0.05) is 6.54 Å². The zero-order valence-electron chi connectivity index (χ0n) is 38.8. The Morgan fingerprint density at radius 3 is 1.57 bits per heavy atom. The molecule has 0 aromatic carbocycles. The highest BCUT2D eigenvalue weighted by Gasteiger charge is 2.27. The van der Waals surface area contributed by atoms with Crippen molar-refractivity contribution in [3.05, 3.63) is 48.6 Å². The van der Waals surface area contributed by atoms with Gasteiger partial charge in [-0.15, -0.1) is 0 Å². The monoisotopic (exact) mass is 867 g/mol. The molecule has 352 valence electrons. The Morgan fingerprint density at radius 2 is 1.05 bits per heavy atom. The lowest BCUT2D eigenvalue weighted by Gasteiger charge is -2.24. The highest BCUT2D eigenvalue weighted by molar-refractivity contribution is 7.47. The molecule has 1 amide bonds. The van der Waals surface area contributed by atoms with E-state index in [1.54, 1.807) is 6.08 Å². The number of nitrogens with one attached hydrogen (secondary N) is 1. The summed E-state index contributed by atoms with van der Waals surface area (Å²) in [6.45, 7) is 3.87. The Hall–Kier alpha value is -1.58. The minimum atomic E-state index is -4.41. The topological polar surface area (TPSA) is 151 Å². The molecule has 4 unspecified atom stereocenters. The van der Waals surface area contributed by atoms with Crippen LogP contribution in [0.5, 0.6) is 0 Å². The molecule has 0 aliphatic rings. The summed E-state index contributed by atoms with van der Waals surface area (Å²) in [4.78, 5) is 22.8. The van der Waals surface area contributed by atoms with Crippen LogP contribution >= 0.6 is 7.82 Å². The molecular formula is C50H95N2O7P. The van der Waals surface area contributed by atoms with E-state index >= 15 is 0 Å². The normalized spacial score (nSPS) is 14.8. The number of phosphoric ester groups is 1. The molecule has 0 heterocycles. The third-order valence-electron chi connectivity index (χ3n) is 10.9. The molecule has 9 nitrogen and oxygen atoms in total. The van der Waals surface area contributed by atoms with Crippen molar-refractivity contribution in [2.24, 2.45) is 5.73 Å². The van der Waals surface area contributed by atoms with Crippen LogP contribution < -0.4 is 11.1 Å². The van der Waals surface area contributed by atoms with E-state index < -0.39 is 38.6 Å². The lowest BCUT2D eigenvalue weighted by Crippen LogP contribution is -2.46. The van der Waals surface area contributed by atoms with E-state index in [0.717, 1.165) is 44.9 Å². The first-order valence-electron chi connectivity index (χ1n) is 24.8. The van der Waals surface area contributed by atoms with Gasteiger partial charge in [0.1, 0.15) is 0 Å². The van der Waals surface area contributed by atoms with Crippen molar-refractivity contribution in [2.75, 3.05) is 19.8 Å². The molecule has 0 saturated carbocycles. The van der Waals surface area contributed by atoms with Gasteiger partial charge in [0.05, 0.1) is 37.9 Å². The summed E-state index contributed by atoms with van der Waals surface area (Å²) in [5.41, 5.74) is 5.38. The van der Waals surface area contributed by atoms with Crippen LogP contribution in [0.2, 0.25) is 0 Å². The molecule has 10 heteroatoms. The van der Waals surface area contributed by atoms with Crippen molar-refractivity contribution in [3.8, 4) is 0 Å². The summed E-state index contributed by atoms with van der Waals surface area (Å²) in [7, 11) is -4.41. The fraction of sp³-hybridized carbons (Fsp3) is 0.820. The molecular weight excluding hydrogens is 772 g/mol. The molecule has 4 atom stereocenters.